The number of nitrogens with one attached hydrogen (secondary N) is 2. The summed E-state index contributed by atoms with van der Waals surface area (Å²) in [6.45, 7) is 5.58. The third-order valence-corrected chi connectivity index (χ3v) is 3.64. The van der Waals surface area contributed by atoms with Crippen LogP contribution in [0.5, 0.6) is 0 Å². The van der Waals surface area contributed by atoms with Crippen molar-refractivity contribution in [3.8, 4) is 0 Å². The minimum Gasteiger partial charge on any atom is -0.372 e. The van der Waals surface area contributed by atoms with Gasteiger partial charge in [0.05, 0.1) is 17.3 Å². The van der Waals surface area contributed by atoms with Gasteiger partial charge in [-0.3, -0.25) is 4.79 Å². The summed E-state index contributed by atoms with van der Waals surface area (Å²) in [7, 11) is 1.73. The Kier molecular flexibility index (Phi) is 4.62. The van der Waals surface area contributed by atoms with Gasteiger partial charge in [-0.1, -0.05) is 5.16 Å². The summed E-state index contributed by atoms with van der Waals surface area (Å²) in [4.78, 5) is 16.6. The SMILES string of the molecule is CNc1ncc(Br)cc1C(=O)NC(C)c1c(C)noc1C. The molecule has 1 atom stereocenters. The molecule has 6 nitrogen and oxygen atoms in total. The van der Waals surface area contributed by atoms with Crippen LogP contribution in [0.1, 0.15) is 40.3 Å². The zero-order valence-electron chi connectivity index (χ0n) is 12.3. The van der Waals surface area contributed by atoms with Crippen LogP contribution in [0.2, 0.25) is 0 Å². The van der Waals surface area contributed by atoms with Crippen LogP contribution < -0.4 is 10.6 Å². The van der Waals surface area contributed by atoms with Gasteiger partial charge in [0.25, 0.3) is 5.91 Å². The van der Waals surface area contributed by atoms with Gasteiger partial charge in [-0.2, -0.15) is 0 Å². The quantitative estimate of drug-likeness (QED) is 0.883. The van der Waals surface area contributed by atoms with Crippen LogP contribution >= 0.6 is 15.9 Å². The fraction of sp³-hybridized carbons (Fsp3) is 0.357. The number of halogens is 1. The van der Waals surface area contributed by atoms with Gasteiger partial charge in [-0.25, -0.2) is 4.98 Å². The van der Waals surface area contributed by atoms with Crippen molar-refractivity contribution in [1.82, 2.24) is 15.5 Å². The highest BCUT2D eigenvalue weighted by Gasteiger charge is 2.20. The van der Waals surface area contributed by atoms with Crippen molar-refractivity contribution in [2.75, 3.05) is 12.4 Å². The van der Waals surface area contributed by atoms with Gasteiger partial charge in [-0.15, -0.1) is 0 Å². The van der Waals surface area contributed by atoms with E-state index in [1.165, 1.54) is 0 Å². The predicted octanol–water partition coefficient (Wildman–Crippen LogP) is 2.98. The Bertz CT molecular complexity index is 649. The summed E-state index contributed by atoms with van der Waals surface area (Å²) in [6.07, 6.45) is 1.64. The number of pyridine rings is 1. The van der Waals surface area contributed by atoms with Crippen molar-refractivity contribution in [2.24, 2.45) is 0 Å². The lowest BCUT2D eigenvalue weighted by Crippen LogP contribution is -2.28. The third-order valence-electron chi connectivity index (χ3n) is 3.20. The number of carbonyl (C=O) groups excluding carboxylic acids is 1. The molecular weight excluding hydrogens is 336 g/mol. The second-order valence-corrected chi connectivity index (χ2v) is 5.65. The lowest BCUT2D eigenvalue weighted by molar-refractivity contribution is 0.0940. The Morgan fingerprint density at radius 2 is 2.14 bits per heavy atom. The van der Waals surface area contributed by atoms with E-state index in [4.69, 9.17) is 4.52 Å². The molecule has 1 unspecified atom stereocenters. The maximum Gasteiger partial charge on any atom is 0.255 e. The lowest BCUT2D eigenvalue weighted by atomic mass is 10.1. The highest BCUT2D eigenvalue weighted by molar-refractivity contribution is 9.10. The third kappa shape index (κ3) is 3.24. The van der Waals surface area contributed by atoms with Crippen molar-refractivity contribution < 1.29 is 9.32 Å². The Balaban J connectivity index is 2.24. The fourth-order valence-electron chi connectivity index (χ4n) is 2.27. The van der Waals surface area contributed by atoms with Gasteiger partial charge < -0.3 is 15.2 Å². The van der Waals surface area contributed by atoms with Crippen LogP contribution in [-0.2, 0) is 0 Å². The van der Waals surface area contributed by atoms with E-state index in [0.717, 1.165) is 15.7 Å². The number of hydrogen-bond donors (Lipinski definition) is 2. The van der Waals surface area contributed by atoms with E-state index in [9.17, 15) is 4.79 Å². The molecule has 112 valence electrons. The van der Waals surface area contributed by atoms with E-state index < -0.39 is 0 Å². The summed E-state index contributed by atoms with van der Waals surface area (Å²) >= 11 is 3.33. The van der Waals surface area contributed by atoms with Gasteiger partial charge in [0.2, 0.25) is 0 Å². The number of amides is 1. The molecule has 2 aromatic heterocycles. The second-order valence-electron chi connectivity index (χ2n) is 4.73. The molecule has 0 aliphatic rings. The summed E-state index contributed by atoms with van der Waals surface area (Å²) < 4.78 is 5.88. The summed E-state index contributed by atoms with van der Waals surface area (Å²) in [6, 6.07) is 1.53. The molecule has 0 aliphatic carbocycles. The van der Waals surface area contributed by atoms with Gasteiger partial charge in [0.15, 0.2) is 0 Å². The highest BCUT2D eigenvalue weighted by Crippen LogP contribution is 2.23. The van der Waals surface area contributed by atoms with E-state index in [1.807, 2.05) is 20.8 Å². The molecule has 0 saturated carbocycles. The van der Waals surface area contributed by atoms with Crippen molar-refractivity contribution in [3.63, 3.8) is 0 Å². The number of aromatic nitrogens is 2. The molecule has 0 spiro atoms. The maximum absolute atomic E-state index is 12.4. The molecule has 2 N–H and O–H groups in total. The summed E-state index contributed by atoms with van der Waals surface area (Å²) in [5.41, 5.74) is 2.16. The topological polar surface area (TPSA) is 80.0 Å². The lowest BCUT2D eigenvalue weighted by Gasteiger charge is -2.15. The first kappa shape index (κ1) is 15.5. The molecular formula is C14H17BrN4O2. The van der Waals surface area contributed by atoms with Gasteiger partial charge in [-0.05, 0) is 42.8 Å². The minimum absolute atomic E-state index is 0.201. The van der Waals surface area contributed by atoms with E-state index in [-0.39, 0.29) is 11.9 Å². The Hall–Kier alpha value is -1.89. The van der Waals surface area contributed by atoms with Gasteiger partial charge >= 0.3 is 0 Å². The standard InChI is InChI=1S/C14H17BrN4O2/c1-7(12-8(2)19-21-9(12)3)18-14(20)11-5-10(15)6-17-13(11)16-4/h5-7H,1-4H3,(H,16,17)(H,18,20). The smallest absolute Gasteiger partial charge is 0.255 e. The van der Waals surface area contributed by atoms with Gasteiger partial charge in [0.1, 0.15) is 11.6 Å². The molecule has 7 heteroatoms. The maximum atomic E-state index is 12.4. The molecule has 1 amide bonds. The van der Waals surface area contributed by atoms with Gasteiger partial charge in [0, 0.05) is 23.3 Å². The first-order valence-corrected chi connectivity index (χ1v) is 7.30. The van der Waals surface area contributed by atoms with Crippen molar-refractivity contribution in [2.45, 2.75) is 26.8 Å². The van der Waals surface area contributed by atoms with E-state index in [0.29, 0.717) is 17.1 Å². The first-order chi connectivity index (χ1) is 9.93. The predicted molar refractivity (Wildman–Crippen MR) is 83.3 cm³/mol. The van der Waals surface area contributed by atoms with Crippen LogP contribution in [0.25, 0.3) is 0 Å². The minimum atomic E-state index is -0.208. The monoisotopic (exact) mass is 352 g/mol. The Morgan fingerprint density at radius 3 is 2.71 bits per heavy atom. The number of rotatable bonds is 4. The van der Waals surface area contributed by atoms with Crippen LogP contribution in [0.3, 0.4) is 0 Å². The molecule has 2 heterocycles. The number of nitrogens with zero attached hydrogens (tertiary/aromatic N) is 2. The molecule has 2 aromatic rings. The average molecular weight is 353 g/mol. The molecule has 0 radical (unpaired) electrons. The second kappa shape index (κ2) is 6.26. The number of hydrogen-bond acceptors (Lipinski definition) is 5. The highest BCUT2D eigenvalue weighted by atomic mass is 79.9. The van der Waals surface area contributed by atoms with E-state index in [1.54, 1.807) is 19.3 Å². The Labute approximate surface area is 131 Å². The summed E-state index contributed by atoms with van der Waals surface area (Å²) in [5.74, 6) is 1.03. The van der Waals surface area contributed by atoms with E-state index in [2.05, 4.69) is 36.7 Å². The molecule has 2 rings (SSSR count). The normalized spacial score (nSPS) is 12.0. The summed E-state index contributed by atoms with van der Waals surface area (Å²) in [5, 5.41) is 9.76. The van der Waals surface area contributed by atoms with Crippen LogP contribution in [0.15, 0.2) is 21.3 Å². The first-order valence-electron chi connectivity index (χ1n) is 6.51. The zero-order valence-corrected chi connectivity index (χ0v) is 13.9. The number of aryl methyl sites for hydroxylation is 2. The van der Waals surface area contributed by atoms with Crippen molar-refractivity contribution >= 4 is 27.7 Å². The van der Waals surface area contributed by atoms with Crippen molar-refractivity contribution in [1.29, 1.82) is 0 Å². The Morgan fingerprint density at radius 1 is 1.43 bits per heavy atom. The van der Waals surface area contributed by atoms with Crippen molar-refractivity contribution in [3.05, 3.63) is 39.3 Å². The average Bonchev–Trinajstić information content (AvgIpc) is 2.78. The van der Waals surface area contributed by atoms with Crippen LogP contribution in [-0.4, -0.2) is 23.1 Å². The largest absolute Gasteiger partial charge is 0.372 e. The number of carbonyl (C=O) groups is 1. The molecule has 0 saturated heterocycles. The molecule has 21 heavy (non-hydrogen) atoms. The van der Waals surface area contributed by atoms with Crippen LogP contribution in [0.4, 0.5) is 5.82 Å². The van der Waals surface area contributed by atoms with Crippen LogP contribution in [0, 0.1) is 13.8 Å². The molecule has 0 bridgehead atoms. The van der Waals surface area contributed by atoms with E-state index >= 15 is 0 Å². The molecule has 0 aliphatic heterocycles. The fourth-order valence-corrected chi connectivity index (χ4v) is 2.60. The molecule has 0 aromatic carbocycles. The molecule has 0 fully saturated rings. The zero-order chi connectivity index (χ0) is 15.6. The number of anilines is 1.